The summed E-state index contributed by atoms with van der Waals surface area (Å²) >= 11 is 0. The molecular weight excluding hydrogens is 210 g/mol. The zero-order chi connectivity index (χ0) is 12.3. The van der Waals surface area contributed by atoms with Crippen molar-refractivity contribution < 1.29 is 0 Å². The van der Waals surface area contributed by atoms with Crippen LogP contribution in [0, 0.1) is 0 Å². The van der Waals surface area contributed by atoms with Gasteiger partial charge >= 0.3 is 0 Å². The van der Waals surface area contributed by atoms with E-state index in [1.807, 2.05) is 0 Å². The van der Waals surface area contributed by atoms with E-state index in [1.54, 1.807) is 0 Å². The van der Waals surface area contributed by atoms with Crippen LogP contribution in [0.1, 0.15) is 75.1 Å². The molecule has 1 aromatic heterocycles. The Kier molecular flexibility index (Phi) is 4.11. The van der Waals surface area contributed by atoms with E-state index in [0.29, 0.717) is 5.92 Å². The number of aromatic nitrogens is 2. The molecule has 1 heterocycles. The van der Waals surface area contributed by atoms with E-state index in [0.717, 1.165) is 31.5 Å². The van der Waals surface area contributed by atoms with Gasteiger partial charge in [0.1, 0.15) is 5.82 Å². The van der Waals surface area contributed by atoms with Gasteiger partial charge in [-0.05, 0) is 31.7 Å². The number of nitrogens with zero attached hydrogens (tertiary/aromatic N) is 2. The van der Waals surface area contributed by atoms with E-state index < -0.39 is 0 Å². The molecule has 1 fully saturated rings. The van der Waals surface area contributed by atoms with Gasteiger partial charge in [0.15, 0.2) is 0 Å². The lowest BCUT2D eigenvalue weighted by molar-refractivity contribution is 0.592. The molecule has 1 aromatic rings. The third kappa shape index (κ3) is 3.25. The van der Waals surface area contributed by atoms with Gasteiger partial charge in [-0.2, -0.15) is 0 Å². The van der Waals surface area contributed by atoms with Gasteiger partial charge in [0.25, 0.3) is 0 Å². The zero-order valence-corrected chi connectivity index (χ0v) is 10.9. The fourth-order valence-electron chi connectivity index (χ4n) is 2.12. The third-order valence-corrected chi connectivity index (χ3v) is 3.25. The molecule has 1 aliphatic carbocycles. The van der Waals surface area contributed by atoms with Crippen molar-refractivity contribution in [3.8, 4) is 0 Å². The standard InChI is InChI=1S/C14H23N3/c1-3-5-11-9-13(10-7-8-10)17-14(16-11)12(15)6-4-2/h9-10,12H,3-8,15H2,1-2H3. The van der Waals surface area contributed by atoms with Crippen LogP contribution in [0.4, 0.5) is 0 Å². The van der Waals surface area contributed by atoms with Crippen molar-refractivity contribution in [2.24, 2.45) is 5.73 Å². The van der Waals surface area contributed by atoms with Crippen molar-refractivity contribution in [3.63, 3.8) is 0 Å². The minimum atomic E-state index is 0.00862. The molecule has 0 radical (unpaired) electrons. The molecule has 1 saturated carbocycles. The first-order valence-electron chi connectivity index (χ1n) is 6.87. The van der Waals surface area contributed by atoms with Gasteiger partial charge in [-0.3, -0.25) is 0 Å². The highest BCUT2D eigenvalue weighted by molar-refractivity contribution is 5.20. The fraction of sp³-hybridized carbons (Fsp3) is 0.714. The summed E-state index contributed by atoms with van der Waals surface area (Å²) in [7, 11) is 0. The summed E-state index contributed by atoms with van der Waals surface area (Å²) in [5.41, 5.74) is 8.53. The summed E-state index contributed by atoms with van der Waals surface area (Å²) < 4.78 is 0. The average molecular weight is 233 g/mol. The molecule has 0 aliphatic heterocycles. The molecule has 0 bridgehead atoms. The van der Waals surface area contributed by atoms with E-state index in [-0.39, 0.29) is 6.04 Å². The van der Waals surface area contributed by atoms with Crippen molar-refractivity contribution in [2.45, 2.75) is 64.3 Å². The monoisotopic (exact) mass is 233 g/mol. The first kappa shape index (κ1) is 12.5. The van der Waals surface area contributed by atoms with Gasteiger partial charge in [0, 0.05) is 17.3 Å². The van der Waals surface area contributed by atoms with Crippen LogP contribution in [0.3, 0.4) is 0 Å². The molecule has 1 unspecified atom stereocenters. The number of hydrogen-bond acceptors (Lipinski definition) is 3. The Hall–Kier alpha value is -0.960. The van der Waals surface area contributed by atoms with E-state index in [9.17, 15) is 0 Å². The summed E-state index contributed by atoms with van der Waals surface area (Å²) in [6, 6.07) is 2.19. The summed E-state index contributed by atoms with van der Waals surface area (Å²) in [6.45, 7) is 4.34. The van der Waals surface area contributed by atoms with E-state index in [2.05, 4.69) is 29.9 Å². The molecular formula is C14H23N3. The molecule has 94 valence electrons. The molecule has 17 heavy (non-hydrogen) atoms. The normalized spacial score (nSPS) is 17.1. The van der Waals surface area contributed by atoms with Crippen LogP contribution in [0.5, 0.6) is 0 Å². The van der Waals surface area contributed by atoms with Gasteiger partial charge < -0.3 is 5.73 Å². The Morgan fingerprint density at radius 2 is 2.06 bits per heavy atom. The molecule has 1 aliphatic rings. The van der Waals surface area contributed by atoms with Crippen LogP contribution in [-0.2, 0) is 6.42 Å². The second-order valence-electron chi connectivity index (χ2n) is 5.06. The maximum atomic E-state index is 6.14. The van der Waals surface area contributed by atoms with Crippen LogP contribution < -0.4 is 5.73 Å². The average Bonchev–Trinajstić information content (AvgIpc) is 3.13. The van der Waals surface area contributed by atoms with Crippen LogP contribution in [0.15, 0.2) is 6.07 Å². The summed E-state index contributed by atoms with van der Waals surface area (Å²) in [5.74, 6) is 1.54. The Morgan fingerprint density at radius 3 is 2.65 bits per heavy atom. The molecule has 3 heteroatoms. The van der Waals surface area contributed by atoms with E-state index in [4.69, 9.17) is 5.73 Å². The molecule has 3 nitrogen and oxygen atoms in total. The Labute approximate surface area is 104 Å². The smallest absolute Gasteiger partial charge is 0.145 e. The Morgan fingerprint density at radius 1 is 1.29 bits per heavy atom. The second kappa shape index (κ2) is 5.58. The number of aryl methyl sites for hydroxylation is 1. The zero-order valence-electron chi connectivity index (χ0n) is 10.9. The van der Waals surface area contributed by atoms with Crippen LogP contribution in [0.2, 0.25) is 0 Å². The first-order valence-corrected chi connectivity index (χ1v) is 6.87. The molecule has 2 N–H and O–H groups in total. The molecule has 0 spiro atoms. The quantitative estimate of drug-likeness (QED) is 0.821. The maximum Gasteiger partial charge on any atom is 0.145 e. The van der Waals surface area contributed by atoms with E-state index in [1.165, 1.54) is 24.2 Å². The first-order chi connectivity index (χ1) is 8.24. The largest absolute Gasteiger partial charge is 0.321 e. The van der Waals surface area contributed by atoms with Gasteiger partial charge in [0.2, 0.25) is 0 Å². The van der Waals surface area contributed by atoms with Gasteiger partial charge in [0.05, 0.1) is 6.04 Å². The number of rotatable bonds is 6. The predicted molar refractivity (Wildman–Crippen MR) is 69.8 cm³/mol. The van der Waals surface area contributed by atoms with Gasteiger partial charge in [-0.25, -0.2) is 9.97 Å². The minimum absolute atomic E-state index is 0.00862. The van der Waals surface area contributed by atoms with E-state index >= 15 is 0 Å². The fourth-order valence-corrected chi connectivity index (χ4v) is 2.12. The lowest BCUT2D eigenvalue weighted by Gasteiger charge is -2.12. The summed E-state index contributed by atoms with van der Waals surface area (Å²) in [6.07, 6.45) is 6.79. The molecule has 0 aromatic carbocycles. The van der Waals surface area contributed by atoms with Gasteiger partial charge in [-0.15, -0.1) is 0 Å². The topological polar surface area (TPSA) is 51.8 Å². The highest BCUT2D eigenvalue weighted by atomic mass is 14.9. The summed E-state index contributed by atoms with van der Waals surface area (Å²) in [4.78, 5) is 9.28. The van der Waals surface area contributed by atoms with Crippen LogP contribution in [0.25, 0.3) is 0 Å². The van der Waals surface area contributed by atoms with Crippen LogP contribution in [-0.4, -0.2) is 9.97 Å². The molecule has 2 rings (SSSR count). The summed E-state index contributed by atoms with van der Waals surface area (Å²) in [5, 5.41) is 0. The molecule has 0 amide bonds. The van der Waals surface area contributed by atoms with Gasteiger partial charge in [-0.1, -0.05) is 26.7 Å². The maximum absolute atomic E-state index is 6.14. The van der Waals surface area contributed by atoms with Crippen molar-refractivity contribution >= 4 is 0 Å². The third-order valence-electron chi connectivity index (χ3n) is 3.25. The lowest BCUT2D eigenvalue weighted by atomic mass is 10.1. The van der Waals surface area contributed by atoms with Crippen molar-refractivity contribution in [3.05, 3.63) is 23.3 Å². The molecule has 0 saturated heterocycles. The number of hydrogen-bond donors (Lipinski definition) is 1. The Bertz CT molecular complexity index is 372. The predicted octanol–water partition coefficient (Wildman–Crippen LogP) is 3.11. The van der Waals surface area contributed by atoms with Crippen molar-refractivity contribution in [1.82, 2.24) is 9.97 Å². The van der Waals surface area contributed by atoms with Crippen molar-refractivity contribution in [1.29, 1.82) is 0 Å². The molecule has 1 atom stereocenters. The van der Waals surface area contributed by atoms with Crippen molar-refractivity contribution in [2.75, 3.05) is 0 Å². The minimum Gasteiger partial charge on any atom is -0.321 e. The van der Waals surface area contributed by atoms with Crippen LogP contribution >= 0.6 is 0 Å². The lowest BCUT2D eigenvalue weighted by Crippen LogP contribution is -2.16. The SMILES string of the molecule is CCCc1cc(C2CC2)nc(C(N)CCC)n1. The number of nitrogens with two attached hydrogens (primary N) is 1. The second-order valence-corrected chi connectivity index (χ2v) is 5.06. The Balaban J connectivity index is 2.23. The highest BCUT2D eigenvalue weighted by Gasteiger charge is 2.26. The highest BCUT2D eigenvalue weighted by Crippen LogP contribution is 2.39.